The number of aliphatic carboxylic acids is 1. The molecule has 0 bridgehead atoms. The van der Waals surface area contributed by atoms with Crippen LogP contribution in [0.25, 0.3) is 5.82 Å². The second-order valence-corrected chi connectivity index (χ2v) is 10.8. The average Bonchev–Trinajstić information content (AvgIpc) is 3.51. The highest BCUT2D eigenvalue weighted by molar-refractivity contribution is 5.77. The van der Waals surface area contributed by atoms with E-state index in [1.807, 2.05) is 20.8 Å². The maximum Gasteiger partial charge on any atom is 0.332 e. The molecule has 18 nitrogen and oxygen atoms in total. The minimum absolute atomic E-state index is 0.0323. The van der Waals surface area contributed by atoms with Crippen LogP contribution >= 0.6 is 0 Å². The third-order valence-corrected chi connectivity index (χ3v) is 6.78. The summed E-state index contributed by atoms with van der Waals surface area (Å²) in [5.74, 6) is -0.511. The summed E-state index contributed by atoms with van der Waals surface area (Å²) in [7, 11) is 1.62. The van der Waals surface area contributed by atoms with Gasteiger partial charge in [0.25, 0.3) is 0 Å². The van der Waals surface area contributed by atoms with E-state index in [9.17, 15) is 14.9 Å². The Morgan fingerprint density at radius 3 is 2.32 bits per heavy atom. The molecular formula is C32H38N12O6. The fraction of sp³-hybridized carbons (Fsp3) is 0.375. The molecule has 0 aliphatic carbocycles. The molecule has 3 aromatic heterocycles. The number of rotatable bonds is 19. The van der Waals surface area contributed by atoms with Crippen molar-refractivity contribution in [2.45, 2.75) is 33.6 Å². The maximum atomic E-state index is 11.9. The third-order valence-electron chi connectivity index (χ3n) is 6.78. The van der Waals surface area contributed by atoms with Crippen LogP contribution in [0.2, 0.25) is 0 Å². The Morgan fingerprint density at radius 1 is 1.00 bits per heavy atom. The number of methoxy groups -OCH3 is 1. The van der Waals surface area contributed by atoms with Crippen LogP contribution in [0.4, 0.5) is 34.8 Å². The van der Waals surface area contributed by atoms with Crippen molar-refractivity contribution in [3.8, 4) is 11.9 Å². The number of esters is 1. The zero-order valence-corrected chi connectivity index (χ0v) is 28.1. The zero-order chi connectivity index (χ0) is 35.9. The van der Waals surface area contributed by atoms with Gasteiger partial charge < -0.3 is 35.3 Å². The fourth-order valence-corrected chi connectivity index (χ4v) is 4.63. The number of nitriles is 1. The lowest BCUT2D eigenvalue weighted by Crippen LogP contribution is -2.18. The van der Waals surface area contributed by atoms with Gasteiger partial charge in [-0.3, -0.25) is 4.98 Å². The largest absolute Gasteiger partial charge is 0.480 e. The summed E-state index contributed by atoms with van der Waals surface area (Å²) >= 11 is 0. The number of hydrogen-bond acceptors (Lipinski definition) is 16. The molecule has 4 rings (SSSR count). The summed E-state index contributed by atoms with van der Waals surface area (Å²) in [4.78, 5) is 40.2. The van der Waals surface area contributed by atoms with Crippen LogP contribution < -0.4 is 16.0 Å². The Hall–Kier alpha value is -6.06. The number of hydrogen-bond donors (Lipinski definition) is 4. The van der Waals surface area contributed by atoms with Gasteiger partial charge in [-0.05, 0) is 44.7 Å². The molecule has 3 heterocycles. The lowest BCUT2D eigenvalue weighted by Gasteiger charge is -2.17. The SMILES string of the molecule is COCCCNc1nc(Nc2c(C)cc(C)cc2C)nc(NCCCOC(=O)COCC(=O)O)c1N=Nc1nn(-c2cnccn2)cc1C#N. The molecule has 4 aromatic rings. The van der Waals surface area contributed by atoms with Crippen LogP contribution in [0.5, 0.6) is 0 Å². The monoisotopic (exact) mass is 686 g/mol. The number of nitrogens with zero attached hydrogens (tertiary/aromatic N) is 9. The summed E-state index contributed by atoms with van der Waals surface area (Å²) in [5.41, 5.74) is 4.39. The van der Waals surface area contributed by atoms with Gasteiger partial charge in [-0.2, -0.15) is 15.2 Å². The van der Waals surface area contributed by atoms with E-state index in [0.717, 1.165) is 22.4 Å². The first kappa shape index (κ1) is 36.8. The smallest absolute Gasteiger partial charge is 0.332 e. The molecule has 0 unspecified atom stereocenters. The number of carboxylic acids is 1. The number of anilines is 4. The van der Waals surface area contributed by atoms with Crippen molar-refractivity contribution < 1.29 is 28.9 Å². The number of aromatic nitrogens is 6. The number of carbonyl (C=O) groups excluding carboxylic acids is 1. The molecule has 0 radical (unpaired) electrons. The van der Waals surface area contributed by atoms with Gasteiger partial charge >= 0.3 is 11.9 Å². The number of ether oxygens (including phenoxy) is 3. The van der Waals surface area contributed by atoms with E-state index in [-0.39, 0.29) is 29.6 Å². The predicted octanol–water partition coefficient (Wildman–Crippen LogP) is 4.30. The van der Waals surface area contributed by atoms with Crippen LogP contribution in [0.15, 0.2) is 47.1 Å². The molecule has 0 aliphatic rings. The van der Waals surface area contributed by atoms with E-state index in [0.29, 0.717) is 50.0 Å². The van der Waals surface area contributed by atoms with E-state index in [1.165, 1.54) is 29.5 Å². The molecule has 1 aromatic carbocycles. The van der Waals surface area contributed by atoms with E-state index >= 15 is 0 Å². The van der Waals surface area contributed by atoms with Gasteiger partial charge in [-0.15, -0.1) is 15.3 Å². The Kier molecular flexibility index (Phi) is 13.6. The second kappa shape index (κ2) is 18.5. The summed E-state index contributed by atoms with van der Waals surface area (Å²) in [6, 6.07) is 6.19. The standard InChI is InChI=1S/C32H38N12O6/c1-20-13-21(2)27(22(3)14-20)38-32-39-30(36-7-5-11-48-4)28(31(40-32)37-8-6-12-50-26(47)19-49-18-25(45)46)41-42-29-23(15-33)17-44(43-29)24-16-34-9-10-35-24/h9-10,13-14,16-17H,5-8,11-12,18-19H2,1-4H3,(H,45,46)(H3,36,37,38,39,40). The van der Waals surface area contributed by atoms with Crippen molar-refractivity contribution in [3.05, 3.63) is 59.2 Å². The topological polar surface area (TPSA) is 236 Å². The molecule has 0 spiro atoms. The Morgan fingerprint density at radius 2 is 1.70 bits per heavy atom. The molecule has 0 atom stereocenters. The number of carboxylic acid groups (broad SMARTS) is 1. The van der Waals surface area contributed by atoms with Gasteiger partial charge in [0.1, 0.15) is 24.8 Å². The van der Waals surface area contributed by atoms with Crippen molar-refractivity contribution in [1.82, 2.24) is 29.7 Å². The van der Waals surface area contributed by atoms with Crippen LogP contribution in [0.1, 0.15) is 35.1 Å². The van der Waals surface area contributed by atoms with Crippen molar-refractivity contribution in [2.75, 3.05) is 62.6 Å². The van der Waals surface area contributed by atoms with E-state index in [4.69, 9.17) is 29.3 Å². The highest BCUT2D eigenvalue weighted by atomic mass is 16.6. The normalized spacial score (nSPS) is 10.9. The number of carbonyl (C=O) groups is 2. The van der Waals surface area contributed by atoms with Crippen LogP contribution in [-0.4, -0.2) is 93.4 Å². The van der Waals surface area contributed by atoms with Gasteiger partial charge in [-0.25, -0.2) is 19.3 Å². The van der Waals surface area contributed by atoms with Gasteiger partial charge in [0.05, 0.1) is 19.0 Å². The Labute approximate surface area is 288 Å². The first-order valence-corrected chi connectivity index (χ1v) is 15.5. The summed E-state index contributed by atoms with van der Waals surface area (Å²) < 4.78 is 16.5. The predicted molar refractivity (Wildman–Crippen MR) is 182 cm³/mol. The van der Waals surface area contributed by atoms with Crippen LogP contribution in [-0.2, 0) is 23.8 Å². The lowest BCUT2D eigenvalue weighted by molar-refractivity contribution is -0.152. The van der Waals surface area contributed by atoms with Gasteiger partial charge in [0.2, 0.25) is 11.8 Å². The molecule has 0 saturated heterocycles. The van der Waals surface area contributed by atoms with Gasteiger partial charge in [0, 0.05) is 44.9 Å². The van der Waals surface area contributed by atoms with Gasteiger partial charge in [0.15, 0.2) is 23.1 Å². The fourth-order valence-electron chi connectivity index (χ4n) is 4.63. The van der Waals surface area contributed by atoms with Gasteiger partial charge in [-0.1, -0.05) is 17.7 Å². The van der Waals surface area contributed by atoms with E-state index in [2.05, 4.69) is 59.4 Å². The molecule has 0 aliphatic heterocycles. The Balaban J connectivity index is 1.66. The summed E-state index contributed by atoms with van der Waals surface area (Å²) in [6.45, 7) is 6.26. The summed E-state index contributed by atoms with van der Waals surface area (Å²) in [5, 5.41) is 41.5. The molecule has 0 amide bonds. The highest BCUT2D eigenvalue weighted by Crippen LogP contribution is 2.35. The molecule has 18 heteroatoms. The molecular weight excluding hydrogens is 648 g/mol. The van der Waals surface area contributed by atoms with Crippen molar-refractivity contribution in [2.24, 2.45) is 10.2 Å². The number of azo groups is 1. The second-order valence-electron chi connectivity index (χ2n) is 10.8. The minimum Gasteiger partial charge on any atom is -0.480 e. The molecule has 4 N–H and O–H groups in total. The third kappa shape index (κ3) is 10.7. The highest BCUT2D eigenvalue weighted by Gasteiger charge is 2.18. The minimum atomic E-state index is -1.18. The van der Waals surface area contributed by atoms with Crippen LogP contribution in [0.3, 0.4) is 0 Å². The first-order chi connectivity index (χ1) is 24.2. The molecule has 0 fully saturated rings. The quantitative estimate of drug-likeness (QED) is 0.0611. The first-order valence-electron chi connectivity index (χ1n) is 15.5. The summed E-state index contributed by atoms with van der Waals surface area (Å²) in [6.07, 6.45) is 7.03. The van der Waals surface area contributed by atoms with E-state index in [1.54, 1.807) is 7.11 Å². The number of benzene rings is 1. The van der Waals surface area contributed by atoms with E-state index < -0.39 is 25.2 Å². The average molecular weight is 687 g/mol. The number of nitrogens with one attached hydrogen (secondary N) is 3. The van der Waals surface area contributed by atoms with Crippen molar-refractivity contribution >= 4 is 46.7 Å². The zero-order valence-electron chi connectivity index (χ0n) is 28.1. The van der Waals surface area contributed by atoms with Crippen LogP contribution in [0, 0.1) is 32.1 Å². The lowest BCUT2D eigenvalue weighted by atomic mass is 10.1. The van der Waals surface area contributed by atoms with Crippen molar-refractivity contribution in [3.63, 3.8) is 0 Å². The molecule has 50 heavy (non-hydrogen) atoms. The maximum absolute atomic E-state index is 11.9. The van der Waals surface area contributed by atoms with Crippen molar-refractivity contribution in [1.29, 1.82) is 5.26 Å². The molecule has 0 saturated carbocycles. The Bertz CT molecular complexity index is 1820. The molecule has 262 valence electrons. The number of aryl methyl sites for hydroxylation is 3.